The number of pyridine rings is 1. The number of nitrogens with one attached hydrogen (secondary N) is 1. The molecule has 0 amide bonds. The highest BCUT2D eigenvalue weighted by Gasteiger charge is 2.14. The van der Waals surface area contributed by atoms with Crippen LogP contribution in [0.25, 0.3) is 0 Å². The molecule has 0 aliphatic carbocycles. The van der Waals surface area contributed by atoms with Crippen molar-refractivity contribution in [3.63, 3.8) is 0 Å². The number of methoxy groups -OCH3 is 2. The van der Waals surface area contributed by atoms with Crippen LogP contribution < -0.4 is 19.5 Å². The Morgan fingerprint density at radius 1 is 1.00 bits per heavy atom. The standard InChI is InChI=1S/C16H20N2O3/c1-17-10-13-8-14(19-2)16(15(9-13)20-3)21-11-12-4-6-18-7-5-12/h4-9,17H,10-11H2,1-3H3. The molecule has 1 N–H and O–H groups in total. The molecule has 0 unspecified atom stereocenters. The predicted octanol–water partition coefficient (Wildman–Crippen LogP) is 2.40. The lowest BCUT2D eigenvalue weighted by Crippen LogP contribution is -2.07. The van der Waals surface area contributed by atoms with Crippen LogP contribution in [0.4, 0.5) is 0 Å². The summed E-state index contributed by atoms with van der Waals surface area (Å²) in [5.74, 6) is 1.93. The molecule has 1 aromatic carbocycles. The van der Waals surface area contributed by atoms with E-state index in [4.69, 9.17) is 14.2 Å². The number of rotatable bonds is 7. The van der Waals surface area contributed by atoms with Crippen molar-refractivity contribution < 1.29 is 14.2 Å². The Balaban J connectivity index is 2.24. The van der Waals surface area contributed by atoms with Gasteiger partial charge in [0, 0.05) is 18.9 Å². The first-order valence-electron chi connectivity index (χ1n) is 6.69. The van der Waals surface area contributed by atoms with Crippen LogP contribution in [0.15, 0.2) is 36.7 Å². The second-order valence-corrected chi connectivity index (χ2v) is 4.50. The van der Waals surface area contributed by atoms with Gasteiger partial charge in [0.25, 0.3) is 0 Å². The highest BCUT2D eigenvalue weighted by atomic mass is 16.5. The van der Waals surface area contributed by atoms with Crippen molar-refractivity contribution >= 4 is 0 Å². The second kappa shape index (κ2) is 7.50. The van der Waals surface area contributed by atoms with Crippen LogP contribution >= 0.6 is 0 Å². The van der Waals surface area contributed by atoms with Crippen molar-refractivity contribution in [1.29, 1.82) is 0 Å². The minimum absolute atomic E-state index is 0.431. The van der Waals surface area contributed by atoms with Gasteiger partial charge in [-0.1, -0.05) is 0 Å². The normalized spacial score (nSPS) is 10.2. The van der Waals surface area contributed by atoms with Gasteiger partial charge in [-0.3, -0.25) is 4.98 Å². The summed E-state index contributed by atoms with van der Waals surface area (Å²) in [5.41, 5.74) is 2.11. The monoisotopic (exact) mass is 288 g/mol. The first-order chi connectivity index (χ1) is 10.3. The van der Waals surface area contributed by atoms with E-state index in [1.54, 1.807) is 26.6 Å². The van der Waals surface area contributed by atoms with Gasteiger partial charge in [-0.25, -0.2) is 0 Å². The van der Waals surface area contributed by atoms with Crippen molar-refractivity contribution in [3.05, 3.63) is 47.8 Å². The minimum Gasteiger partial charge on any atom is -0.493 e. The zero-order chi connectivity index (χ0) is 15.1. The van der Waals surface area contributed by atoms with Crippen molar-refractivity contribution in [1.82, 2.24) is 10.3 Å². The predicted molar refractivity (Wildman–Crippen MR) is 80.9 cm³/mol. The van der Waals surface area contributed by atoms with E-state index in [1.807, 2.05) is 31.3 Å². The molecule has 0 saturated heterocycles. The summed E-state index contributed by atoms with van der Waals surface area (Å²) >= 11 is 0. The van der Waals surface area contributed by atoms with Crippen LogP contribution in [0.1, 0.15) is 11.1 Å². The van der Waals surface area contributed by atoms with E-state index in [2.05, 4.69) is 10.3 Å². The number of benzene rings is 1. The third-order valence-corrected chi connectivity index (χ3v) is 3.03. The van der Waals surface area contributed by atoms with Gasteiger partial charge >= 0.3 is 0 Å². The molecule has 0 fully saturated rings. The van der Waals surface area contributed by atoms with Crippen LogP contribution in [-0.2, 0) is 13.2 Å². The van der Waals surface area contributed by atoms with Gasteiger partial charge < -0.3 is 19.5 Å². The van der Waals surface area contributed by atoms with E-state index in [-0.39, 0.29) is 0 Å². The molecule has 0 radical (unpaired) electrons. The molecular weight excluding hydrogens is 268 g/mol. The van der Waals surface area contributed by atoms with E-state index >= 15 is 0 Å². The van der Waals surface area contributed by atoms with Gasteiger partial charge in [-0.2, -0.15) is 0 Å². The number of nitrogens with zero attached hydrogens (tertiary/aromatic N) is 1. The van der Waals surface area contributed by atoms with Gasteiger partial charge in [0.1, 0.15) is 6.61 Å². The van der Waals surface area contributed by atoms with E-state index in [9.17, 15) is 0 Å². The largest absolute Gasteiger partial charge is 0.493 e. The maximum absolute atomic E-state index is 5.87. The zero-order valence-corrected chi connectivity index (χ0v) is 12.6. The summed E-state index contributed by atoms with van der Waals surface area (Å²) < 4.78 is 16.7. The Morgan fingerprint density at radius 3 is 2.14 bits per heavy atom. The number of aromatic nitrogens is 1. The van der Waals surface area contributed by atoms with Crippen molar-refractivity contribution in [3.8, 4) is 17.2 Å². The summed E-state index contributed by atoms with van der Waals surface area (Å²) in [6.45, 7) is 1.16. The molecule has 0 spiro atoms. The summed E-state index contributed by atoms with van der Waals surface area (Å²) in [7, 11) is 5.14. The van der Waals surface area contributed by atoms with E-state index in [0.29, 0.717) is 23.9 Å². The molecule has 2 rings (SSSR count). The van der Waals surface area contributed by atoms with Crippen LogP contribution in [-0.4, -0.2) is 26.3 Å². The van der Waals surface area contributed by atoms with Crippen molar-refractivity contribution in [2.24, 2.45) is 0 Å². The number of hydrogen-bond donors (Lipinski definition) is 1. The Kier molecular flexibility index (Phi) is 5.40. The molecule has 21 heavy (non-hydrogen) atoms. The van der Waals surface area contributed by atoms with Gasteiger partial charge in [0.15, 0.2) is 11.5 Å². The molecular formula is C16H20N2O3. The maximum Gasteiger partial charge on any atom is 0.203 e. The number of hydrogen-bond acceptors (Lipinski definition) is 5. The maximum atomic E-state index is 5.87. The fraction of sp³-hybridized carbons (Fsp3) is 0.312. The molecule has 112 valence electrons. The van der Waals surface area contributed by atoms with Gasteiger partial charge in [-0.05, 0) is 42.4 Å². The molecule has 0 aliphatic rings. The first kappa shape index (κ1) is 15.1. The summed E-state index contributed by atoms with van der Waals surface area (Å²) in [6, 6.07) is 7.71. The molecule has 0 atom stereocenters. The Morgan fingerprint density at radius 2 is 1.62 bits per heavy atom. The summed E-state index contributed by atoms with van der Waals surface area (Å²) in [4.78, 5) is 3.99. The minimum atomic E-state index is 0.431. The van der Waals surface area contributed by atoms with Crippen molar-refractivity contribution in [2.75, 3.05) is 21.3 Å². The Bertz CT molecular complexity index is 548. The molecule has 0 aliphatic heterocycles. The quantitative estimate of drug-likeness (QED) is 0.848. The molecule has 5 nitrogen and oxygen atoms in total. The van der Waals surface area contributed by atoms with E-state index < -0.39 is 0 Å². The lowest BCUT2D eigenvalue weighted by atomic mass is 10.1. The van der Waals surface area contributed by atoms with Gasteiger partial charge in [-0.15, -0.1) is 0 Å². The zero-order valence-electron chi connectivity index (χ0n) is 12.6. The highest BCUT2D eigenvalue weighted by molar-refractivity contribution is 5.54. The van der Waals surface area contributed by atoms with Crippen LogP contribution in [0.3, 0.4) is 0 Å². The molecule has 5 heteroatoms. The smallest absolute Gasteiger partial charge is 0.203 e. The lowest BCUT2D eigenvalue weighted by Gasteiger charge is -2.16. The second-order valence-electron chi connectivity index (χ2n) is 4.50. The van der Waals surface area contributed by atoms with E-state index in [0.717, 1.165) is 17.7 Å². The Hall–Kier alpha value is -2.27. The number of ether oxygens (including phenoxy) is 3. The first-order valence-corrected chi connectivity index (χ1v) is 6.69. The van der Waals surface area contributed by atoms with Crippen LogP contribution in [0.5, 0.6) is 17.2 Å². The van der Waals surface area contributed by atoms with E-state index in [1.165, 1.54) is 0 Å². The third-order valence-electron chi connectivity index (χ3n) is 3.03. The third kappa shape index (κ3) is 3.86. The molecule has 0 saturated carbocycles. The van der Waals surface area contributed by atoms with Gasteiger partial charge in [0.2, 0.25) is 5.75 Å². The highest BCUT2D eigenvalue weighted by Crippen LogP contribution is 2.39. The average Bonchev–Trinajstić information content (AvgIpc) is 2.54. The molecule has 1 aromatic heterocycles. The van der Waals surface area contributed by atoms with Crippen molar-refractivity contribution in [2.45, 2.75) is 13.2 Å². The van der Waals surface area contributed by atoms with Gasteiger partial charge in [0.05, 0.1) is 14.2 Å². The molecule has 0 bridgehead atoms. The average molecular weight is 288 g/mol. The molecule has 2 aromatic rings. The SMILES string of the molecule is CNCc1cc(OC)c(OCc2ccncc2)c(OC)c1. The summed E-state index contributed by atoms with van der Waals surface area (Å²) in [5, 5.41) is 3.11. The topological polar surface area (TPSA) is 52.6 Å². The fourth-order valence-electron chi connectivity index (χ4n) is 2.02. The Labute approximate surface area is 124 Å². The van der Waals surface area contributed by atoms with Crippen LogP contribution in [0.2, 0.25) is 0 Å². The fourth-order valence-corrected chi connectivity index (χ4v) is 2.02. The summed E-state index contributed by atoms with van der Waals surface area (Å²) in [6.07, 6.45) is 3.48. The lowest BCUT2D eigenvalue weighted by molar-refractivity contribution is 0.265. The molecule has 1 heterocycles. The van der Waals surface area contributed by atoms with Crippen LogP contribution in [0, 0.1) is 0 Å².